The second kappa shape index (κ2) is 9.32. The molecule has 10 nitrogen and oxygen atoms in total. The second-order valence-electron chi connectivity index (χ2n) is 8.49. The molecular formula is C24H28N8O2. The van der Waals surface area contributed by atoms with Gasteiger partial charge in [-0.2, -0.15) is 10.2 Å². The van der Waals surface area contributed by atoms with Crippen molar-refractivity contribution < 1.29 is 4.74 Å². The van der Waals surface area contributed by atoms with Crippen molar-refractivity contribution in [2.75, 3.05) is 38.6 Å². The molecule has 4 aromatic rings. The van der Waals surface area contributed by atoms with E-state index in [9.17, 15) is 4.79 Å². The Kier molecular flexibility index (Phi) is 6.08. The van der Waals surface area contributed by atoms with Crippen molar-refractivity contribution in [3.05, 3.63) is 64.5 Å². The van der Waals surface area contributed by atoms with Crippen LogP contribution in [0.1, 0.15) is 24.2 Å². The van der Waals surface area contributed by atoms with Gasteiger partial charge in [-0.15, -0.1) is 0 Å². The summed E-state index contributed by atoms with van der Waals surface area (Å²) in [6.07, 6.45) is 3.21. The zero-order valence-electron chi connectivity index (χ0n) is 19.4. The van der Waals surface area contributed by atoms with Crippen LogP contribution in [0.2, 0.25) is 0 Å². The molecule has 1 fully saturated rings. The van der Waals surface area contributed by atoms with Crippen LogP contribution >= 0.6 is 0 Å². The summed E-state index contributed by atoms with van der Waals surface area (Å²) in [6.45, 7) is 8.31. The van der Waals surface area contributed by atoms with Crippen molar-refractivity contribution in [2.45, 2.75) is 26.4 Å². The Morgan fingerprint density at radius 1 is 1.12 bits per heavy atom. The van der Waals surface area contributed by atoms with Crippen LogP contribution in [-0.4, -0.2) is 67.3 Å². The molecule has 5 rings (SSSR count). The van der Waals surface area contributed by atoms with E-state index in [0.717, 1.165) is 55.1 Å². The van der Waals surface area contributed by atoms with Crippen LogP contribution in [0.25, 0.3) is 22.2 Å². The van der Waals surface area contributed by atoms with Gasteiger partial charge < -0.3 is 10.5 Å². The zero-order valence-corrected chi connectivity index (χ0v) is 19.4. The fraction of sp³-hybridized carbons (Fsp3) is 0.375. The van der Waals surface area contributed by atoms with E-state index < -0.39 is 0 Å². The van der Waals surface area contributed by atoms with Gasteiger partial charge in [-0.3, -0.25) is 9.69 Å². The lowest BCUT2D eigenvalue weighted by Crippen LogP contribution is -2.40. The molecule has 2 N–H and O–H groups in total. The molecule has 4 heterocycles. The Labute approximate surface area is 197 Å². The van der Waals surface area contributed by atoms with Gasteiger partial charge in [0.15, 0.2) is 5.65 Å². The van der Waals surface area contributed by atoms with Gasteiger partial charge in [-0.1, -0.05) is 30.3 Å². The topological polar surface area (TPSA) is 117 Å². The number of fused-ring (bicyclic) bond motifs is 1. The van der Waals surface area contributed by atoms with Crippen LogP contribution in [0, 0.1) is 6.92 Å². The largest absolute Gasteiger partial charge is 0.383 e. The van der Waals surface area contributed by atoms with Gasteiger partial charge in [0.1, 0.15) is 12.1 Å². The minimum atomic E-state index is -0.296. The number of aromatic nitrogens is 6. The molecular weight excluding hydrogens is 432 g/mol. The number of morpholine rings is 1. The maximum Gasteiger partial charge on any atom is 0.275 e. The van der Waals surface area contributed by atoms with Crippen LogP contribution < -0.4 is 11.3 Å². The highest BCUT2D eigenvalue weighted by molar-refractivity contribution is 5.88. The first-order valence-electron chi connectivity index (χ1n) is 11.5. The molecule has 176 valence electrons. The summed E-state index contributed by atoms with van der Waals surface area (Å²) >= 11 is 0. The van der Waals surface area contributed by atoms with Gasteiger partial charge >= 0.3 is 0 Å². The van der Waals surface area contributed by atoms with E-state index >= 15 is 0 Å². The predicted molar refractivity (Wildman–Crippen MR) is 129 cm³/mol. The monoisotopic (exact) mass is 460 g/mol. The zero-order chi connectivity index (χ0) is 23.7. The number of benzene rings is 1. The van der Waals surface area contributed by atoms with E-state index in [0.29, 0.717) is 23.6 Å². The van der Waals surface area contributed by atoms with Crippen molar-refractivity contribution >= 4 is 16.9 Å². The van der Waals surface area contributed by atoms with Gasteiger partial charge in [0, 0.05) is 25.2 Å². The lowest BCUT2D eigenvalue weighted by molar-refractivity contribution is 0.0358. The Morgan fingerprint density at radius 2 is 1.88 bits per heavy atom. The van der Waals surface area contributed by atoms with E-state index in [-0.39, 0.29) is 11.6 Å². The number of hydrogen-bond donors (Lipinski definition) is 1. The van der Waals surface area contributed by atoms with Crippen molar-refractivity contribution in [3.63, 3.8) is 0 Å². The SMILES string of the molecule is Cc1nn(C(C)c2cnn(CCN3CCOCC3)c(=O)c2-c2ccccc2)c2ncnc(N)c12. The van der Waals surface area contributed by atoms with Crippen LogP contribution in [0.3, 0.4) is 0 Å². The number of aryl methyl sites for hydroxylation is 1. The lowest BCUT2D eigenvalue weighted by Gasteiger charge is -2.26. The fourth-order valence-electron chi connectivity index (χ4n) is 4.50. The summed E-state index contributed by atoms with van der Waals surface area (Å²) in [6, 6.07) is 9.41. The number of hydrogen-bond acceptors (Lipinski definition) is 8. The van der Waals surface area contributed by atoms with Crippen LogP contribution in [0.15, 0.2) is 47.7 Å². The van der Waals surface area contributed by atoms with Gasteiger partial charge in [0.05, 0.1) is 48.6 Å². The average molecular weight is 461 g/mol. The summed E-state index contributed by atoms with van der Waals surface area (Å²) in [7, 11) is 0. The van der Waals surface area contributed by atoms with Gasteiger partial charge in [0.25, 0.3) is 5.56 Å². The Bertz CT molecular complexity index is 1360. The van der Waals surface area contributed by atoms with E-state index in [1.807, 2.05) is 44.2 Å². The molecule has 1 aromatic carbocycles. The minimum Gasteiger partial charge on any atom is -0.383 e. The molecule has 3 aromatic heterocycles. The molecule has 1 atom stereocenters. The first kappa shape index (κ1) is 22.2. The molecule has 10 heteroatoms. The third kappa shape index (κ3) is 4.06. The van der Waals surface area contributed by atoms with Gasteiger partial charge in [-0.25, -0.2) is 19.3 Å². The molecule has 1 saturated heterocycles. The first-order valence-corrected chi connectivity index (χ1v) is 11.5. The Hall–Kier alpha value is -3.63. The Morgan fingerprint density at radius 3 is 2.65 bits per heavy atom. The fourth-order valence-corrected chi connectivity index (χ4v) is 4.50. The quantitative estimate of drug-likeness (QED) is 0.464. The maximum atomic E-state index is 13.7. The van der Waals surface area contributed by atoms with E-state index in [1.165, 1.54) is 6.33 Å². The molecule has 0 aliphatic carbocycles. The van der Waals surface area contributed by atoms with E-state index in [1.54, 1.807) is 15.6 Å². The third-order valence-electron chi connectivity index (χ3n) is 6.38. The van der Waals surface area contributed by atoms with Gasteiger partial charge in [-0.05, 0) is 19.4 Å². The average Bonchev–Trinajstić information content (AvgIpc) is 3.21. The summed E-state index contributed by atoms with van der Waals surface area (Å²) in [5, 5.41) is 9.96. The van der Waals surface area contributed by atoms with Crippen molar-refractivity contribution in [3.8, 4) is 11.1 Å². The maximum absolute atomic E-state index is 13.7. The highest BCUT2D eigenvalue weighted by atomic mass is 16.5. The third-order valence-corrected chi connectivity index (χ3v) is 6.38. The normalized spacial score (nSPS) is 15.6. The molecule has 0 saturated carbocycles. The van der Waals surface area contributed by atoms with Crippen LogP contribution in [0.4, 0.5) is 5.82 Å². The standard InChI is InChI=1S/C24H28N8O2/c1-16-20-22(25)26-15-27-23(20)32(29-16)17(2)19-14-28-31(9-8-30-10-12-34-13-11-30)24(33)21(19)18-6-4-3-5-7-18/h3-7,14-15,17H,8-13H2,1-2H3,(H2,25,26,27). The number of nitrogen functional groups attached to an aromatic ring is 1. The second-order valence-corrected chi connectivity index (χ2v) is 8.49. The van der Waals surface area contributed by atoms with E-state index in [2.05, 4.69) is 20.0 Å². The highest BCUT2D eigenvalue weighted by Gasteiger charge is 2.23. The molecule has 1 aliphatic rings. The summed E-state index contributed by atoms with van der Waals surface area (Å²) in [5.74, 6) is 0.390. The van der Waals surface area contributed by atoms with Crippen LogP contribution in [-0.2, 0) is 11.3 Å². The Balaban J connectivity index is 1.58. The van der Waals surface area contributed by atoms with Crippen LogP contribution in [0.5, 0.6) is 0 Å². The number of nitrogens with zero attached hydrogens (tertiary/aromatic N) is 7. The molecule has 0 spiro atoms. The van der Waals surface area contributed by atoms with Crippen molar-refractivity contribution in [1.29, 1.82) is 0 Å². The number of nitrogens with two attached hydrogens (primary N) is 1. The lowest BCUT2D eigenvalue weighted by atomic mass is 9.98. The number of rotatable bonds is 6. The molecule has 34 heavy (non-hydrogen) atoms. The van der Waals surface area contributed by atoms with Crippen molar-refractivity contribution in [2.24, 2.45) is 0 Å². The first-order chi connectivity index (χ1) is 16.5. The minimum absolute atomic E-state index is 0.119. The van der Waals surface area contributed by atoms with Crippen molar-refractivity contribution in [1.82, 2.24) is 34.4 Å². The number of ether oxygens (including phenoxy) is 1. The van der Waals surface area contributed by atoms with Gasteiger partial charge in [0.2, 0.25) is 0 Å². The summed E-state index contributed by atoms with van der Waals surface area (Å²) < 4.78 is 8.78. The summed E-state index contributed by atoms with van der Waals surface area (Å²) in [5.41, 5.74) is 9.59. The highest BCUT2D eigenvalue weighted by Crippen LogP contribution is 2.30. The smallest absolute Gasteiger partial charge is 0.275 e. The summed E-state index contributed by atoms with van der Waals surface area (Å²) in [4.78, 5) is 24.5. The van der Waals surface area contributed by atoms with E-state index in [4.69, 9.17) is 15.6 Å². The molecule has 0 radical (unpaired) electrons. The molecule has 1 unspecified atom stereocenters. The molecule has 0 bridgehead atoms. The predicted octanol–water partition coefficient (Wildman–Crippen LogP) is 1.88. The molecule has 0 amide bonds. The number of anilines is 1. The molecule has 1 aliphatic heterocycles.